The van der Waals surface area contributed by atoms with E-state index in [1.165, 1.54) is 12.1 Å². The van der Waals surface area contributed by atoms with Gasteiger partial charge in [-0.3, -0.25) is 20.2 Å². The predicted octanol–water partition coefficient (Wildman–Crippen LogP) is 4.12. The largest absolute Gasteiger partial charge is 0.370 e. The number of nitro benzene ring substituents is 2. The van der Waals surface area contributed by atoms with Gasteiger partial charge in [0.05, 0.1) is 22.5 Å². The topological polar surface area (TPSA) is 98.8 Å². The molecular formula is C17H16ClN3O5. The normalized spacial score (nSPS) is 20.0. The summed E-state index contributed by atoms with van der Waals surface area (Å²) in [6.07, 6.45) is -0.306. The first kappa shape index (κ1) is 18.1. The van der Waals surface area contributed by atoms with Gasteiger partial charge in [-0.15, -0.1) is 0 Å². The lowest BCUT2D eigenvalue weighted by molar-refractivity contribution is -0.393. The number of rotatable bonds is 4. The fourth-order valence-corrected chi connectivity index (χ4v) is 3.21. The van der Waals surface area contributed by atoms with Gasteiger partial charge in [0.15, 0.2) is 0 Å². The van der Waals surface area contributed by atoms with Crippen LogP contribution in [0.25, 0.3) is 0 Å². The number of anilines is 1. The number of nitrogens with zero attached hydrogens (tertiary/aromatic N) is 3. The minimum absolute atomic E-state index is 0.120. The van der Waals surface area contributed by atoms with Crippen molar-refractivity contribution >= 4 is 28.7 Å². The second-order valence-electron chi connectivity index (χ2n) is 6.07. The molecule has 1 aliphatic heterocycles. The Hall–Kier alpha value is -2.71. The van der Waals surface area contributed by atoms with Gasteiger partial charge in [-0.2, -0.15) is 0 Å². The van der Waals surface area contributed by atoms with E-state index in [1.54, 1.807) is 12.1 Å². The molecule has 0 aromatic heterocycles. The van der Waals surface area contributed by atoms with E-state index in [-0.39, 0.29) is 23.5 Å². The molecule has 0 radical (unpaired) electrons. The van der Waals surface area contributed by atoms with Gasteiger partial charge >= 0.3 is 0 Å². The van der Waals surface area contributed by atoms with Crippen molar-refractivity contribution < 1.29 is 14.6 Å². The lowest BCUT2D eigenvalue weighted by Gasteiger charge is -2.39. The Labute approximate surface area is 154 Å². The Morgan fingerprint density at radius 3 is 2.58 bits per heavy atom. The van der Waals surface area contributed by atoms with Gasteiger partial charge in [-0.1, -0.05) is 23.7 Å². The molecule has 1 fully saturated rings. The molecule has 26 heavy (non-hydrogen) atoms. The molecular weight excluding hydrogens is 362 g/mol. The monoisotopic (exact) mass is 377 g/mol. The van der Waals surface area contributed by atoms with E-state index in [1.807, 2.05) is 24.0 Å². The van der Waals surface area contributed by atoms with Crippen LogP contribution in [-0.2, 0) is 4.74 Å². The highest BCUT2D eigenvalue weighted by molar-refractivity contribution is 6.30. The van der Waals surface area contributed by atoms with E-state index in [0.29, 0.717) is 23.9 Å². The maximum absolute atomic E-state index is 11.4. The summed E-state index contributed by atoms with van der Waals surface area (Å²) in [4.78, 5) is 23.0. The summed E-state index contributed by atoms with van der Waals surface area (Å²) < 4.78 is 5.87. The van der Waals surface area contributed by atoms with Gasteiger partial charge in [0.1, 0.15) is 11.8 Å². The summed E-state index contributed by atoms with van der Waals surface area (Å²) in [5.41, 5.74) is 0.605. The van der Waals surface area contributed by atoms with Crippen molar-refractivity contribution in [3.63, 3.8) is 0 Å². The second-order valence-corrected chi connectivity index (χ2v) is 6.50. The highest BCUT2D eigenvalue weighted by atomic mass is 35.5. The summed E-state index contributed by atoms with van der Waals surface area (Å²) in [6, 6.07) is 10.8. The van der Waals surface area contributed by atoms with Crippen LogP contribution in [0.1, 0.15) is 18.6 Å². The van der Waals surface area contributed by atoms with E-state index in [2.05, 4.69) is 0 Å². The van der Waals surface area contributed by atoms with Gasteiger partial charge in [-0.05, 0) is 30.7 Å². The summed E-state index contributed by atoms with van der Waals surface area (Å²) >= 11 is 6.04. The number of hydrogen-bond donors (Lipinski definition) is 0. The molecule has 1 heterocycles. The molecule has 2 aromatic carbocycles. The van der Waals surface area contributed by atoms with Crippen molar-refractivity contribution in [2.75, 3.05) is 18.1 Å². The Morgan fingerprint density at radius 2 is 1.92 bits per heavy atom. The molecule has 136 valence electrons. The third kappa shape index (κ3) is 3.61. The van der Waals surface area contributed by atoms with Crippen LogP contribution >= 0.6 is 11.6 Å². The summed E-state index contributed by atoms with van der Waals surface area (Å²) in [5.74, 6) is 0. The summed E-state index contributed by atoms with van der Waals surface area (Å²) in [5, 5.41) is 23.0. The first-order chi connectivity index (χ1) is 12.4. The molecule has 0 bridgehead atoms. The third-order valence-corrected chi connectivity index (χ3v) is 4.56. The maximum atomic E-state index is 11.4. The van der Waals surface area contributed by atoms with Crippen LogP contribution in [0.15, 0.2) is 42.5 Å². The molecule has 2 unspecified atom stereocenters. The standard InChI is InChI=1S/C17H16ClN3O5/c1-11-10-26-17(12-3-2-4-13(18)7-12)9-19(11)15-6-5-14(20(22)23)8-16(15)21(24)25/h2-8,11,17H,9-10H2,1H3. The summed E-state index contributed by atoms with van der Waals surface area (Å²) in [7, 11) is 0. The van der Waals surface area contributed by atoms with Crippen LogP contribution < -0.4 is 4.90 Å². The van der Waals surface area contributed by atoms with Crippen molar-refractivity contribution in [3.8, 4) is 0 Å². The molecule has 1 saturated heterocycles. The van der Waals surface area contributed by atoms with Crippen LogP contribution in [0.3, 0.4) is 0 Å². The molecule has 8 nitrogen and oxygen atoms in total. The van der Waals surface area contributed by atoms with Crippen molar-refractivity contribution in [3.05, 3.63) is 73.3 Å². The zero-order valence-corrected chi connectivity index (χ0v) is 14.6. The van der Waals surface area contributed by atoms with Crippen LogP contribution in [0.5, 0.6) is 0 Å². The number of benzene rings is 2. The first-order valence-corrected chi connectivity index (χ1v) is 8.31. The van der Waals surface area contributed by atoms with Gasteiger partial charge in [0.2, 0.25) is 0 Å². The van der Waals surface area contributed by atoms with Crippen LogP contribution in [0.2, 0.25) is 5.02 Å². The molecule has 3 rings (SSSR count). The average molecular weight is 378 g/mol. The number of non-ortho nitro benzene ring substituents is 1. The van der Waals surface area contributed by atoms with Gasteiger partial charge < -0.3 is 9.64 Å². The van der Waals surface area contributed by atoms with Crippen molar-refractivity contribution in [1.29, 1.82) is 0 Å². The molecule has 9 heteroatoms. The molecule has 0 saturated carbocycles. The Morgan fingerprint density at radius 1 is 1.15 bits per heavy atom. The molecule has 0 N–H and O–H groups in total. The zero-order chi connectivity index (χ0) is 18.8. The van der Waals surface area contributed by atoms with E-state index in [9.17, 15) is 20.2 Å². The minimum Gasteiger partial charge on any atom is -0.370 e. The lowest BCUT2D eigenvalue weighted by Crippen LogP contribution is -2.45. The van der Waals surface area contributed by atoms with Crippen molar-refractivity contribution in [1.82, 2.24) is 0 Å². The van der Waals surface area contributed by atoms with Gasteiger partial charge in [0.25, 0.3) is 11.4 Å². The third-order valence-electron chi connectivity index (χ3n) is 4.33. The van der Waals surface area contributed by atoms with Crippen molar-refractivity contribution in [2.45, 2.75) is 19.1 Å². The number of ether oxygens (including phenoxy) is 1. The van der Waals surface area contributed by atoms with Crippen LogP contribution in [-0.4, -0.2) is 29.0 Å². The minimum atomic E-state index is -0.645. The maximum Gasteiger partial charge on any atom is 0.299 e. The van der Waals surface area contributed by atoms with E-state index < -0.39 is 9.85 Å². The average Bonchev–Trinajstić information content (AvgIpc) is 2.61. The second kappa shape index (κ2) is 7.27. The first-order valence-electron chi connectivity index (χ1n) is 7.93. The van der Waals surface area contributed by atoms with Gasteiger partial charge in [-0.25, -0.2) is 0 Å². The van der Waals surface area contributed by atoms with Gasteiger partial charge in [0, 0.05) is 23.7 Å². The fourth-order valence-electron chi connectivity index (χ4n) is 3.02. The van der Waals surface area contributed by atoms with E-state index in [4.69, 9.17) is 16.3 Å². The zero-order valence-electron chi connectivity index (χ0n) is 13.9. The van der Waals surface area contributed by atoms with Crippen LogP contribution in [0.4, 0.5) is 17.1 Å². The number of halogens is 1. The fraction of sp³-hybridized carbons (Fsp3) is 0.294. The van der Waals surface area contributed by atoms with Crippen LogP contribution in [0, 0.1) is 20.2 Å². The lowest BCUT2D eigenvalue weighted by atomic mass is 10.0. The Balaban J connectivity index is 1.96. The summed E-state index contributed by atoms with van der Waals surface area (Å²) in [6.45, 7) is 2.63. The highest BCUT2D eigenvalue weighted by Crippen LogP contribution is 2.37. The Kier molecular flexibility index (Phi) is 5.06. The van der Waals surface area contributed by atoms with Crippen molar-refractivity contribution in [2.24, 2.45) is 0 Å². The molecule has 0 aliphatic carbocycles. The predicted molar refractivity (Wildman–Crippen MR) is 96.7 cm³/mol. The number of nitro groups is 2. The molecule has 2 atom stereocenters. The Bertz CT molecular complexity index is 860. The SMILES string of the molecule is CC1COC(c2cccc(Cl)c2)CN1c1ccc([N+](=O)[O-])cc1[N+](=O)[O-]. The number of morpholine rings is 1. The number of hydrogen-bond acceptors (Lipinski definition) is 6. The molecule has 1 aliphatic rings. The van der Waals surface area contributed by atoms with E-state index >= 15 is 0 Å². The van der Waals surface area contributed by atoms with E-state index in [0.717, 1.165) is 11.6 Å². The smallest absolute Gasteiger partial charge is 0.299 e. The quantitative estimate of drug-likeness (QED) is 0.587. The molecule has 0 spiro atoms. The highest BCUT2D eigenvalue weighted by Gasteiger charge is 2.32. The molecule has 2 aromatic rings. The molecule has 0 amide bonds.